The average molecular weight is 488 g/mol. The molecule has 3 aromatic heterocycles. The lowest BCUT2D eigenvalue weighted by Crippen LogP contribution is -2.52. The molecule has 4 aromatic rings. The molecule has 1 amide bonds. The van der Waals surface area contributed by atoms with Crippen LogP contribution in [0.25, 0.3) is 21.8 Å². The summed E-state index contributed by atoms with van der Waals surface area (Å²) in [6.07, 6.45) is 3.83. The number of ether oxygens (including phenoxy) is 1. The van der Waals surface area contributed by atoms with Gasteiger partial charge in [-0.2, -0.15) is 0 Å². The first-order chi connectivity index (χ1) is 17.3. The number of rotatable bonds is 8. The van der Waals surface area contributed by atoms with Crippen molar-refractivity contribution in [2.45, 2.75) is 26.3 Å². The van der Waals surface area contributed by atoms with Crippen molar-refractivity contribution in [3.8, 4) is 5.88 Å². The van der Waals surface area contributed by atoms with Crippen LogP contribution in [-0.4, -0.2) is 70.6 Å². The molecule has 4 heterocycles. The van der Waals surface area contributed by atoms with Crippen LogP contribution in [0.2, 0.25) is 0 Å². The highest BCUT2D eigenvalue weighted by Gasteiger charge is 2.26. The molecule has 0 spiro atoms. The van der Waals surface area contributed by atoms with Crippen molar-refractivity contribution >= 4 is 39.2 Å². The maximum atomic E-state index is 11.0. The highest BCUT2D eigenvalue weighted by molar-refractivity contribution is 5.93. The number of hydrogen-bond acceptors (Lipinski definition) is 7. The maximum Gasteiger partial charge on any atom is 0.255 e. The molecule has 1 aliphatic rings. The fourth-order valence-corrected chi connectivity index (χ4v) is 4.92. The van der Waals surface area contributed by atoms with Gasteiger partial charge in [-0.1, -0.05) is 11.6 Å². The molecule has 1 aliphatic heterocycles. The maximum absolute atomic E-state index is 11.0. The predicted molar refractivity (Wildman–Crippen MR) is 144 cm³/mol. The van der Waals surface area contributed by atoms with E-state index in [9.17, 15) is 4.79 Å². The highest BCUT2D eigenvalue weighted by atomic mass is 16.5. The van der Waals surface area contributed by atoms with Gasteiger partial charge in [-0.25, -0.2) is 9.97 Å². The van der Waals surface area contributed by atoms with Crippen molar-refractivity contribution < 1.29 is 9.53 Å². The molecule has 1 aromatic carbocycles. The number of aromatic nitrogens is 3. The Morgan fingerprint density at radius 2 is 1.94 bits per heavy atom. The zero-order valence-electron chi connectivity index (χ0n) is 21.0. The topological polar surface area (TPSA) is 112 Å². The van der Waals surface area contributed by atoms with E-state index in [-0.39, 0.29) is 12.1 Å². The van der Waals surface area contributed by atoms with Crippen LogP contribution in [0, 0.1) is 6.92 Å². The van der Waals surface area contributed by atoms with Crippen LogP contribution >= 0.6 is 0 Å². The van der Waals surface area contributed by atoms with E-state index in [0.29, 0.717) is 5.88 Å². The second kappa shape index (κ2) is 9.66. The van der Waals surface area contributed by atoms with Gasteiger partial charge < -0.3 is 25.7 Å². The van der Waals surface area contributed by atoms with E-state index >= 15 is 0 Å². The molecule has 1 saturated heterocycles. The number of nitrogens with zero attached hydrogens (tertiary/aromatic N) is 4. The largest absolute Gasteiger partial charge is 0.468 e. The molecule has 188 valence electrons. The minimum atomic E-state index is -0.528. The van der Waals surface area contributed by atoms with Gasteiger partial charge in [0.05, 0.1) is 11.2 Å². The number of aryl methyl sites for hydroxylation is 1. The average Bonchev–Trinajstić information content (AvgIpc) is 3.23. The standard InChI is InChI=1S/C27H33N7O2/c1-18-4-6-21-20(14-18)23(15-30-21)32-27(2,3)17-33-10-12-34(13-11-33)26-19-5-7-25(36-16-24(28)35)31-22(19)8-9-29-26/h4-9,14-15,30,32H,10-13,16-17H2,1-3H3,(H2,28,35). The number of nitrogens with one attached hydrogen (secondary N) is 2. The first-order valence-corrected chi connectivity index (χ1v) is 12.3. The van der Waals surface area contributed by atoms with Gasteiger partial charge in [0.25, 0.3) is 5.91 Å². The third-order valence-electron chi connectivity index (χ3n) is 6.53. The van der Waals surface area contributed by atoms with Crippen molar-refractivity contribution in [2.24, 2.45) is 5.73 Å². The number of amides is 1. The zero-order valence-corrected chi connectivity index (χ0v) is 21.0. The first-order valence-electron chi connectivity index (χ1n) is 12.3. The van der Waals surface area contributed by atoms with Crippen LogP contribution in [0.3, 0.4) is 0 Å². The number of hydrogen-bond donors (Lipinski definition) is 3. The molecule has 9 heteroatoms. The number of piperazine rings is 1. The minimum Gasteiger partial charge on any atom is -0.468 e. The summed E-state index contributed by atoms with van der Waals surface area (Å²) >= 11 is 0. The summed E-state index contributed by atoms with van der Waals surface area (Å²) in [5.41, 5.74) is 9.40. The highest BCUT2D eigenvalue weighted by Crippen LogP contribution is 2.29. The Morgan fingerprint density at radius 1 is 1.14 bits per heavy atom. The van der Waals surface area contributed by atoms with Gasteiger partial charge in [0.1, 0.15) is 5.82 Å². The lowest BCUT2D eigenvalue weighted by molar-refractivity contribution is -0.120. The minimum absolute atomic E-state index is 0.0933. The zero-order chi connectivity index (χ0) is 25.3. The third-order valence-corrected chi connectivity index (χ3v) is 6.53. The number of nitrogens with two attached hydrogens (primary N) is 1. The van der Waals surface area contributed by atoms with Gasteiger partial charge in [0, 0.05) is 73.0 Å². The summed E-state index contributed by atoms with van der Waals surface area (Å²) in [4.78, 5) is 28.4. The van der Waals surface area contributed by atoms with Crippen molar-refractivity contribution in [2.75, 3.05) is 49.5 Å². The number of carbonyl (C=O) groups is 1. The number of pyridine rings is 2. The van der Waals surface area contributed by atoms with Crippen LogP contribution in [0.15, 0.2) is 48.8 Å². The van der Waals surface area contributed by atoms with E-state index < -0.39 is 5.91 Å². The number of aromatic amines is 1. The fourth-order valence-electron chi connectivity index (χ4n) is 4.92. The van der Waals surface area contributed by atoms with Gasteiger partial charge >= 0.3 is 0 Å². The first kappa shape index (κ1) is 23.9. The monoisotopic (exact) mass is 487 g/mol. The van der Waals surface area contributed by atoms with Crippen molar-refractivity contribution in [1.82, 2.24) is 19.9 Å². The summed E-state index contributed by atoms with van der Waals surface area (Å²) < 4.78 is 5.35. The van der Waals surface area contributed by atoms with Crippen LogP contribution in [0.5, 0.6) is 5.88 Å². The second-order valence-electron chi connectivity index (χ2n) is 10.1. The van der Waals surface area contributed by atoms with E-state index in [4.69, 9.17) is 10.5 Å². The molecule has 9 nitrogen and oxygen atoms in total. The normalized spacial score (nSPS) is 14.9. The molecular formula is C27H33N7O2. The van der Waals surface area contributed by atoms with Crippen molar-refractivity contribution in [3.05, 3.63) is 54.4 Å². The number of fused-ring (bicyclic) bond motifs is 2. The number of primary amides is 1. The summed E-state index contributed by atoms with van der Waals surface area (Å²) in [6, 6.07) is 12.0. The van der Waals surface area contributed by atoms with Gasteiger partial charge in [0.2, 0.25) is 5.88 Å². The molecule has 0 unspecified atom stereocenters. The van der Waals surface area contributed by atoms with E-state index in [2.05, 4.69) is 75.2 Å². The number of anilines is 2. The molecule has 0 bridgehead atoms. The van der Waals surface area contributed by atoms with E-state index in [1.165, 1.54) is 10.9 Å². The van der Waals surface area contributed by atoms with Crippen molar-refractivity contribution in [3.63, 3.8) is 0 Å². The van der Waals surface area contributed by atoms with Crippen molar-refractivity contribution in [1.29, 1.82) is 0 Å². The van der Waals surface area contributed by atoms with Gasteiger partial charge in [0.15, 0.2) is 6.61 Å². The van der Waals surface area contributed by atoms with Crippen LogP contribution in [-0.2, 0) is 4.79 Å². The number of benzene rings is 1. The lowest BCUT2D eigenvalue weighted by Gasteiger charge is -2.40. The Bertz CT molecular complexity index is 1390. The number of H-pyrrole nitrogens is 1. The van der Waals surface area contributed by atoms with Gasteiger partial charge in [-0.05, 0) is 45.0 Å². The molecule has 0 atom stereocenters. The SMILES string of the molecule is Cc1ccc2[nH]cc(NC(C)(C)CN3CCN(c4nccc5nc(OCC(N)=O)ccc45)CC3)c2c1. The molecule has 0 radical (unpaired) electrons. The summed E-state index contributed by atoms with van der Waals surface area (Å²) in [5.74, 6) is 0.774. The molecule has 4 N–H and O–H groups in total. The summed E-state index contributed by atoms with van der Waals surface area (Å²) in [5, 5.41) is 5.95. The Morgan fingerprint density at radius 3 is 2.72 bits per heavy atom. The third kappa shape index (κ3) is 5.21. The predicted octanol–water partition coefficient (Wildman–Crippen LogP) is 3.30. The van der Waals surface area contributed by atoms with Crippen LogP contribution < -0.4 is 20.7 Å². The summed E-state index contributed by atoms with van der Waals surface area (Å²) in [7, 11) is 0. The Balaban J connectivity index is 1.23. The Labute approximate surface area is 210 Å². The second-order valence-corrected chi connectivity index (χ2v) is 10.1. The Kier molecular flexibility index (Phi) is 6.40. The fraction of sp³-hybridized carbons (Fsp3) is 0.370. The number of carbonyl (C=O) groups excluding carboxylic acids is 1. The summed E-state index contributed by atoms with van der Waals surface area (Å²) in [6.45, 7) is 11.0. The quantitative estimate of drug-likeness (QED) is 0.350. The van der Waals surface area contributed by atoms with Crippen LogP contribution in [0.4, 0.5) is 11.5 Å². The van der Waals surface area contributed by atoms with E-state index in [1.807, 2.05) is 12.1 Å². The molecule has 5 rings (SSSR count). The van der Waals surface area contributed by atoms with E-state index in [1.54, 1.807) is 12.3 Å². The Hall–Kier alpha value is -3.85. The lowest BCUT2D eigenvalue weighted by atomic mass is 10.0. The molecule has 36 heavy (non-hydrogen) atoms. The smallest absolute Gasteiger partial charge is 0.255 e. The molecule has 0 aliphatic carbocycles. The molecular weight excluding hydrogens is 454 g/mol. The molecule has 0 saturated carbocycles. The van der Waals surface area contributed by atoms with E-state index in [0.717, 1.165) is 60.6 Å². The van der Waals surface area contributed by atoms with Crippen LogP contribution in [0.1, 0.15) is 19.4 Å². The van der Waals surface area contributed by atoms with Gasteiger partial charge in [-0.15, -0.1) is 0 Å². The molecule has 1 fully saturated rings. The van der Waals surface area contributed by atoms with Gasteiger partial charge in [-0.3, -0.25) is 9.69 Å².